The van der Waals surface area contributed by atoms with Gasteiger partial charge in [-0.05, 0) is 48.9 Å². The van der Waals surface area contributed by atoms with Crippen molar-refractivity contribution in [2.75, 3.05) is 6.54 Å². The molecule has 3 rings (SSSR count). The molecule has 0 aliphatic rings. The van der Waals surface area contributed by atoms with Gasteiger partial charge in [0.15, 0.2) is 0 Å². The summed E-state index contributed by atoms with van der Waals surface area (Å²) in [6.45, 7) is 3.60. The molecule has 0 amide bonds. The summed E-state index contributed by atoms with van der Waals surface area (Å²) in [6.07, 6.45) is 1.04. The Morgan fingerprint density at radius 2 is 2.05 bits per heavy atom. The number of aromatic nitrogens is 3. The van der Waals surface area contributed by atoms with Gasteiger partial charge in [-0.25, -0.2) is 9.07 Å². The fourth-order valence-electron chi connectivity index (χ4n) is 2.35. The Hall–Kier alpha value is -2.27. The van der Waals surface area contributed by atoms with Crippen molar-refractivity contribution in [3.05, 3.63) is 53.8 Å². The summed E-state index contributed by atoms with van der Waals surface area (Å²) in [5.74, 6) is -0.239. The first kappa shape index (κ1) is 13.7. The standard InChI is InChI=1S/C16H17FN4/c1-2-9-18-11-12-10-13(17)7-8-15(12)21-16-6-4-3-5-14(16)19-20-21/h3-8,10,18H,2,9,11H2,1H3. The third-order valence-corrected chi connectivity index (χ3v) is 3.36. The molecule has 1 aromatic heterocycles. The smallest absolute Gasteiger partial charge is 0.123 e. The van der Waals surface area contributed by atoms with Crippen LogP contribution in [0.5, 0.6) is 0 Å². The second-order valence-corrected chi connectivity index (χ2v) is 4.94. The highest BCUT2D eigenvalue weighted by Crippen LogP contribution is 2.20. The van der Waals surface area contributed by atoms with Crippen LogP contribution < -0.4 is 5.32 Å². The number of hydrogen-bond acceptors (Lipinski definition) is 3. The van der Waals surface area contributed by atoms with Crippen LogP contribution in [-0.2, 0) is 6.54 Å². The average Bonchev–Trinajstić information content (AvgIpc) is 2.92. The normalized spacial score (nSPS) is 11.1. The summed E-state index contributed by atoms with van der Waals surface area (Å²) in [5, 5.41) is 11.7. The van der Waals surface area contributed by atoms with Gasteiger partial charge in [-0.15, -0.1) is 5.10 Å². The van der Waals surface area contributed by atoms with E-state index in [1.54, 1.807) is 16.8 Å². The van der Waals surface area contributed by atoms with Crippen LogP contribution in [0.4, 0.5) is 4.39 Å². The van der Waals surface area contributed by atoms with Crippen LogP contribution in [0.2, 0.25) is 0 Å². The molecular formula is C16H17FN4. The number of hydrogen-bond donors (Lipinski definition) is 1. The number of rotatable bonds is 5. The van der Waals surface area contributed by atoms with Gasteiger partial charge in [-0.2, -0.15) is 0 Å². The molecule has 0 aliphatic carbocycles. The monoisotopic (exact) mass is 284 g/mol. The number of benzene rings is 2. The lowest BCUT2D eigenvalue weighted by Crippen LogP contribution is -2.16. The highest BCUT2D eigenvalue weighted by molar-refractivity contribution is 5.76. The number of fused-ring (bicyclic) bond motifs is 1. The molecule has 0 fully saturated rings. The maximum atomic E-state index is 13.5. The number of halogens is 1. The average molecular weight is 284 g/mol. The minimum Gasteiger partial charge on any atom is -0.313 e. The van der Waals surface area contributed by atoms with Gasteiger partial charge >= 0.3 is 0 Å². The molecule has 2 aromatic carbocycles. The Bertz CT molecular complexity index is 751. The highest BCUT2D eigenvalue weighted by Gasteiger charge is 2.11. The van der Waals surface area contributed by atoms with Gasteiger partial charge in [-0.3, -0.25) is 0 Å². The van der Waals surface area contributed by atoms with Crippen LogP contribution in [-0.4, -0.2) is 21.5 Å². The number of nitrogens with one attached hydrogen (secondary N) is 1. The largest absolute Gasteiger partial charge is 0.313 e. The summed E-state index contributed by atoms with van der Waals surface area (Å²) in [6, 6.07) is 12.5. The van der Waals surface area contributed by atoms with E-state index in [2.05, 4.69) is 22.6 Å². The van der Waals surface area contributed by atoms with E-state index < -0.39 is 0 Å². The van der Waals surface area contributed by atoms with Crippen molar-refractivity contribution in [2.24, 2.45) is 0 Å². The van der Waals surface area contributed by atoms with Gasteiger partial charge in [0.1, 0.15) is 11.3 Å². The molecule has 0 atom stereocenters. The third-order valence-electron chi connectivity index (χ3n) is 3.36. The molecule has 0 saturated carbocycles. The Morgan fingerprint density at radius 1 is 1.19 bits per heavy atom. The Morgan fingerprint density at radius 3 is 2.90 bits per heavy atom. The lowest BCUT2D eigenvalue weighted by molar-refractivity contribution is 0.616. The van der Waals surface area contributed by atoms with Crippen molar-refractivity contribution in [2.45, 2.75) is 19.9 Å². The number of nitrogens with zero attached hydrogens (tertiary/aromatic N) is 3. The van der Waals surface area contributed by atoms with Gasteiger partial charge < -0.3 is 5.32 Å². The van der Waals surface area contributed by atoms with Gasteiger partial charge in [0.2, 0.25) is 0 Å². The van der Waals surface area contributed by atoms with Gasteiger partial charge in [0.05, 0.1) is 11.2 Å². The van der Waals surface area contributed by atoms with Crippen molar-refractivity contribution in [3.8, 4) is 5.69 Å². The maximum absolute atomic E-state index is 13.5. The molecule has 0 bridgehead atoms. The molecule has 0 spiro atoms. The van der Waals surface area contributed by atoms with E-state index in [0.717, 1.165) is 35.2 Å². The molecule has 0 aliphatic heterocycles. The van der Waals surface area contributed by atoms with Crippen molar-refractivity contribution in [3.63, 3.8) is 0 Å². The van der Waals surface area contributed by atoms with E-state index >= 15 is 0 Å². The Balaban J connectivity index is 2.04. The topological polar surface area (TPSA) is 42.7 Å². The van der Waals surface area contributed by atoms with Crippen LogP contribution in [0.15, 0.2) is 42.5 Å². The maximum Gasteiger partial charge on any atom is 0.123 e. The predicted molar refractivity (Wildman–Crippen MR) is 80.8 cm³/mol. The van der Waals surface area contributed by atoms with Crippen LogP contribution in [0, 0.1) is 5.82 Å². The van der Waals surface area contributed by atoms with Crippen molar-refractivity contribution < 1.29 is 4.39 Å². The molecule has 0 unspecified atom stereocenters. The highest BCUT2D eigenvalue weighted by atomic mass is 19.1. The minimum atomic E-state index is -0.239. The fourth-order valence-corrected chi connectivity index (χ4v) is 2.35. The zero-order chi connectivity index (χ0) is 14.7. The molecule has 0 radical (unpaired) electrons. The van der Waals surface area contributed by atoms with Crippen LogP contribution >= 0.6 is 0 Å². The summed E-state index contributed by atoms with van der Waals surface area (Å²) < 4.78 is 15.3. The molecule has 4 nitrogen and oxygen atoms in total. The first-order valence-corrected chi connectivity index (χ1v) is 7.09. The van der Waals surface area contributed by atoms with Crippen LogP contribution in [0.25, 0.3) is 16.7 Å². The molecule has 21 heavy (non-hydrogen) atoms. The summed E-state index contributed by atoms with van der Waals surface area (Å²) >= 11 is 0. The van der Waals surface area contributed by atoms with E-state index in [0.29, 0.717) is 6.54 Å². The predicted octanol–water partition coefficient (Wildman–Crippen LogP) is 3.06. The second kappa shape index (κ2) is 6.01. The third kappa shape index (κ3) is 2.78. The molecule has 0 saturated heterocycles. The Labute approximate surface area is 122 Å². The van der Waals surface area contributed by atoms with Crippen molar-refractivity contribution >= 4 is 11.0 Å². The summed E-state index contributed by atoms with van der Waals surface area (Å²) in [7, 11) is 0. The molecular weight excluding hydrogens is 267 g/mol. The summed E-state index contributed by atoms with van der Waals surface area (Å²) in [5.41, 5.74) is 3.47. The first-order valence-electron chi connectivity index (χ1n) is 7.09. The quantitative estimate of drug-likeness (QED) is 0.732. The van der Waals surface area contributed by atoms with Gasteiger partial charge in [0.25, 0.3) is 0 Å². The van der Waals surface area contributed by atoms with Crippen LogP contribution in [0.3, 0.4) is 0 Å². The molecule has 108 valence electrons. The van der Waals surface area contributed by atoms with Gasteiger partial charge in [-0.1, -0.05) is 24.3 Å². The molecule has 1 N–H and O–H groups in total. The second-order valence-electron chi connectivity index (χ2n) is 4.94. The molecule has 5 heteroatoms. The van der Waals surface area contributed by atoms with E-state index in [1.807, 2.05) is 24.3 Å². The van der Waals surface area contributed by atoms with Crippen LogP contribution in [0.1, 0.15) is 18.9 Å². The zero-order valence-electron chi connectivity index (χ0n) is 11.9. The zero-order valence-corrected chi connectivity index (χ0v) is 11.9. The first-order chi connectivity index (χ1) is 10.3. The van der Waals surface area contributed by atoms with Crippen molar-refractivity contribution in [1.29, 1.82) is 0 Å². The Kier molecular flexibility index (Phi) is 3.92. The van der Waals surface area contributed by atoms with E-state index in [9.17, 15) is 4.39 Å². The fraction of sp³-hybridized carbons (Fsp3) is 0.250. The lowest BCUT2D eigenvalue weighted by atomic mass is 10.1. The summed E-state index contributed by atoms with van der Waals surface area (Å²) in [4.78, 5) is 0. The van der Waals surface area contributed by atoms with E-state index in [4.69, 9.17) is 0 Å². The van der Waals surface area contributed by atoms with Crippen molar-refractivity contribution in [1.82, 2.24) is 20.3 Å². The van der Waals surface area contributed by atoms with Gasteiger partial charge in [0, 0.05) is 6.54 Å². The molecule has 1 heterocycles. The SMILES string of the molecule is CCCNCc1cc(F)ccc1-n1nnc2ccccc21. The number of para-hydroxylation sites is 1. The van der Waals surface area contributed by atoms with E-state index in [1.165, 1.54) is 6.07 Å². The minimum absolute atomic E-state index is 0.239. The lowest BCUT2D eigenvalue weighted by Gasteiger charge is -2.11. The molecule has 3 aromatic rings. The van der Waals surface area contributed by atoms with E-state index in [-0.39, 0.29) is 5.82 Å².